The van der Waals surface area contributed by atoms with Gasteiger partial charge in [-0.15, -0.1) is 11.8 Å². The fourth-order valence-electron chi connectivity index (χ4n) is 2.13. The number of nitrogens with zero attached hydrogens (tertiary/aromatic N) is 2. The molecule has 0 bridgehead atoms. The molecule has 8 heteroatoms. The lowest BCUT2D eigenvalue weighted by Gasteiger charge is -2.29. The first-order valence-corrected chi connectivity index (χ1v) is 7.43. The predicted octanol–water partition coefficient (Wildman–Crippen LogP) is 1.10. The van der Waals surface area contributed by atoms with Gasteiger partial charge in [0.25, 0.3) is 0 Å². The highest BCUT2D eigenvalue weighted by Gasteiger charge is 2.42. The van der Waals surface area contributed by atoms with Gasteiger partial charge >= 0.3 is 12.0 Å². The summed E-state index contributed by atoms with van der Waals surface area (Å²) in [5, 5.41) is 18.3. The molecule has 1 aromatic rings. The van der Waals surface area contributed by atoms with Crippen molar-refractivity contribution in [3.05, 3.63) is 18.0 Å². The molecule has 0 aliphatic carbocycles. The van der Waals surface area contributed by atoms with Crippen LogP contribution in [-0.2, 0) is 11.3 Å². The van der Waals surface area contributed by atoms with Gasteiger partial charge in [-0.25, -0.2) is 9.59 Å². The standard InChI is InChI=1S/C12H18N4O3S/c1-7(2)10-16(9(6-20-10)11(17)18)12(19)13-3-8-4-14-15-5-8/h4-5,7,9-10H,3,6H2,1-2H3,(H,13,19)(H,14,15)(H,17,18). The Morgan fingerprint density at radius 2 is 2.40 bits per heavy atom. The van der Waals surface area contributed by atoms with Crippen LogP contribution in [0.4, 0.5) is 4.79 Å². The van der Waals surface area contributed by atoms with E-state index in [1.807, 2.05) is 13.8 Å². The Balaban J connectivity index is 2.04. The number of carboxylic acids is 1. The fraction of sp³-hybridized carbons (Fsp3) is 0.583. The van der Waals surface area contributed by atoms with Crippen LogP contribution in [0.2, 0.25) is 0 Å². The van der Waals surface area contributed by atoms with Crippen LogP contribution < -0.4 is 5.32 Å². The molecule has 3 N–H and O–H groups in total. The van der Waals surface area contributed by atoms with Crippen LogP contribution in [-0.4, -0.2) is 49.4 Å². The van der Waals surface area contributed by atoms with E-state index >= 15 is 0 Å². The lowest BCUT2D eigenvalue weighted by atomic mass is 10.2. The number of hydrogen-bond donors (Lipinski definition) is 3. The normalized spacial score (nSPS) is 22.2. The predicted molar refractivity (Wildman–Crippen MR) is 75.2 cm³/mol. The van der Waals surface area contributed by atoms with E-state index < -0.39 is 12.0 Å². The zero-order valence-electron chi connectivity index (χ0n) is 11.4. The Morgan fingerprint density at radius 1 is 1.65 bits per heavy atom. The minimum Gasteiger partial charge on any atom is -0.480 e. The van der Waals surface area contributed by atoms with Crippen molar-refractivity contribution >= 4 is 23.8 Å². The molecule has 0 radical (unpaired) electrons. The van der Waals surface area contributed by atoms with E-state index in [1.165, 1.54) is 16.7 Å². The maximum absolute atomic E-state index is 12.3. The number of thioether (sulfide) groups is 1. The molecule has 1 fully saturated rings. The van der Waals surface area contributed by atoms with Crippen molar-refractivity contribution in [1.29, 1.82) is 0 Å². The van der Waals surface area contributed by atoms with Gasteiger partial charge in [0, 0.05) is 24.1 Å². The van der Waals surface area contributed by atoms with Crippen molar-refractivity contribution in [1.82, 2.24) is 20.4 Å². The molecule has 2 heterocycles. The Bertz CT molecular complexity index is 477. The van der Waals surface area contributed by atoms with Crippen molar-refractivity contribution in [3.63, 3.8) is 0 Å². The number of carbonyl (C=O) groups is 2. The van der Waals surface area contributed by atoms with Gasteiger partial charge in [0.2, 0.25) is 0 Å². The second kappa shape index (κ2) is 6.17. The Labute approximate surface area is 121 Å². The summed E-state index contributed by atoms with van der Waals surface area (Å²) >= 11 is 1.51. The number of hydrogen-bond acceptors (Lipinski definition) is 4. The smallest absolute Gasteiger partial charge is 0.327 e. The molecule has 1 aliphatic heterocycles. The number of rotatable bonds is 4. The summed E-state index contributed by atoms with van der Waals surface area (Å²) in [7, 11) is 0. The number of amides is 2. The second-order valence-corrected chi connectivity index (χ2v) is 6.14. The molecule has 1 aliphatic rings. The van der Waals surface area contributed by atoms with Crippen LogP contribution in [0, 0.1) is 5.92 Å². The largest absolute Gasteiger partial charge is 0.480 e. The van der Waals surface area contributed by atoms with Gasteiger partial charge in [0.05, 0.1) is 11.6 Å². The molecule has 1 saturated heterocycles. The number of urea groups is 1. The maximum atomic E-state index is 12.3. The number of nitrogens with one attached hydrogen (secondary N) is 2. The third kappa shape index (κ3) is 3.06. The monoisotopic (exact) mass is 298 g/mol. The number of aromatic amines is 1. The third-order valence-electron chi connectivity index (χ3n) is 3.12. The highest BCUT2D eigenvalue weighted by atomic mass is 32.2. The summed E-state index contributed by atoms with van der Waals surface area (Å²) < 4.78 is 0. The molecule has 2 atom stereocenters. The zero-order chi connectivity index (χ0) is 14.7. The molecule has 1 aromatic heterocycles. The zero-order valence-corrected chi connectivity index (χ0v) is 12.2. The second-order valence-electron chi connectivity index (χ2n) is 4.99. The minimum absolute atomic E-state index is 0.111. The van der Waals surface area contributed by atoms with Crippen LogP contribution in [0.25, 0.3) is 0 Å². The number of H-pyrrole nitrogens is 1. The summed E-state index contributed by atoms with van der Waals surface area (Å²) in [6.07, 6.45) is 3.31. The Kier molecular flexibility index (Phi) is 4.53. The summed E-state index contributed by atoms with van der Waals surface area (Å²) in [6, 6.07) is -1.11. The molecular formula is C12H18N4O3S. The van der Waals surface area contributed by atoms with Gasteiger partial charge < -0.3 is 10.4 Å². The van der Waals surface area contributed by atoms with Gasteiger partial charge in [0.15, 0.2) is 0 Å². The molecule has 2 unspecified atom stereocenters. The van der Waals surface area contributed by atoms with Crippen LogP contribution in [0.15, 0.2) is 12.4 Å². The number of aromatic nitrogens is 2. The van der Waals surface area contributed by atoms with E-state index in [-0.39, 0.29) is 17.3 Å². The molecule has 0 saturated carbocycles. The van der Waals surface area contributed by atoms with E-state index in [1.54, 1.807) is 12.4 Å². The average molecular weight is 298 g/mol. The van der Waals surface area contributed by atoms with E-state index in [4.69, 9.17) is 0 Å². The highest BCUT2D eigenvalue weighted by Crippen LogP contribution is 2.34. The fourth-order valence-corrected chi connectivity index (χ4v) is 3.60. The first-order valence-electron chi connectivity index (χ1n) is 6.39. The first-order chi connectivity index (χ1) is 9.50. The summed E-state index contributed by atoms with van der Waals surface area (Å²) in [5.74, 6) is -0.333. The van der Waals surface area contributed by atoms with E-state index in [0.717, 1.165) is 5.56 Å². The van der Waals surface area contributed by atoms with Gasteiger partial charge in [0.1, 0.15) is 6.04 Å². The van der Waals surface area contributed by atoms with Crippen molar-refractivity contribution in [2.75, 3.05) is 5.75 Å². The van der Waals surface area contributed by atoms with Crippen LogP contribution in [0.1, 0.15) is 19.4 Å². The SMILES string of the molecule is CC(C)C1SCC(C(=O)O)N1C(=O)NCc1cn[nH]c1. The van der Waals surface area contributed by atoms with E-state index in [0.29, 0.717) is 12.3 Å². The summed E-state index contributed by atoms with van der Waals surface area (Å²) in [5.41, 5.74) is 0.846. The molecular weight excluding hydrogens is 280 g/mol. The number of aliphatic carboxylic acids is 1. The lowest BCUT2D eigenvalue weighted by molar-refractivity contribution is -0.141. The lowest BCUT2D eigenvalue weighted by Crippen LogP contribution is -2.51. The molecule has 7 nitrogen and oxygen atoms in total. The Hall–Kier alpha value is -1.70. The molecule has 110 valence electrons. The number of carboxylic acid groups (broad SMARTS) is 1. The van der Waals surface area contributed by atoms with E-state index in [2.05, 4.69) is 15.5 Å². The van der Waals surface area contributed by atoms with Gasteiger partial charge in [-0.05, 0) is 5.92 Å². The van der Waals surface area contributed by atoms with Crippen LogP contribution >= 0.6 is 11.8 Å². The molecule has 20 heavy (non-hydrogen) atoms. The molecule has 2 rings (SSSR count). The highest BCUT2D eigenvalue weighted by molar-refractivity contribution is 8.00. The van der Waals surface area contributed by atoms with Crippen molar-refractivity contribution in [3.8, 4) is 0 Å². The van der Waals surface area contributed by atoms with Gasteiger partial charge in [-0.1, -0.05) is 13.8 Å². The quantitative estimate of drug-likeness (QED) is 0.773. The average Bonchev–Trinajstić information content (AvgIpc) is 3.04. The van der Waals surface area contributed by atoms with Crippen molar-refractivity contribution in [2.24, 2.45) is 5.92 Å². The molecule has 2 amide bonds. The topological polar surface area (TPSA) is 98.3 Å². The summed E-state index contributed by atoms with van der Waals surface area (Å²) in [4.78, 5) is 25.0. The first kappa shape index (κ1) is 14.7. The third-order valence-corrected chi connectivity index (χ3v) is 4.74. The van der Waals surface area contributed by atoms with Gasteiger partial charge in [-0.2, -0.15) is 5.10 Å². The van der Waals surface area contributed by atoms with E-state index in [9.17, 15) is 14.7 Å². The van der Waals surface area contributed by atoms with Crippen molar-refractivity contribution in [2.45, 2.75) is 31.8 Å². The number of carbonyl (C=O) groups excluding carboxylic acids is 1. The summed E-state index contributed by atoms with van der Waals surface area (Å²) in [6.45, 7) is 4.30. The van der Waals surface area contributed by atoms with Crippen molar-refractivity contribution < 1.29 is 14.7 Å². The van der Waals surface area contributed by atoms with Crippen LogP contribution in [0.3, 0.4) is 0 Å². The molecule has 0 spiro atoms. The minimum atomic E-state index is -0.959. The van der Waals surface area contributed by atoms with Crippen LogP contribution in [0.5, 0.6) is 0 Å². The van der Waals surface area contributed by atoms with Gasteiger partial charge in [-0.3, -0.25) is 10.00 Å². The maximum Gasteiger partial charge on any atom is 0.327 e. The Morgan fingerprint density at radius 3 is 2.95 bits per heavy atom. The molecule has 0 aromatic carbocycles.